The van der Waals surface area contributed by atoms with Crippen molar-refractivity contribution in [3.05, 3.63) is 51.8 Å². The van der Waals surface area contributed by atoms with Crippen molar-refractivity contribution in [1.82, 2.24) is 15.1 Å². The molecule has 0 saturated carbocycles. The Balaban J connectivity index is 2.43. The van der Waals surface area contributed by atoms with Gasteiger partial charge < -0.3 is 5.32 Å². The molecule has 1 atom stereocenters. The van der Waals surface area contributed by atoms with Crippen LogP contribution in [0.1, 0.15) is 17.3 Å². The standard InChI is InChI=1S/C12H13Cl2N3/c1-15-11(8-3-5-9(13)6-4-8)12-10(14)7-16-17(12)2/h3-7,11,15H,1-2H3. The zero-order chi connectivity index (χ0) is 12.4. The van der Waals surface area contributed by atoms with Crippen molar-refractivity contribution < 1.29 is 0 Å². The zero-order valence-corrected chi connectivity index (χ0v) is 11.1. The number of aryl methyl sites for hydroxylation is 1. The molecule has 0 spiro atoms. The SMILES string of the molecule is CNC(c1ccc(Cl)cc1)c1c(Cl)cnn1C. The monoisotopic (exact) mass is 269 g/mol. The smallest absolute Gasteiger partial charge is 0.0837 e. The number of hydrogen-bond donors (Lipinski definition) is 1. The van der Waals surface area contributed by atoms with Crippen LogP contribution in [0.4, 0.5) is 0 Å². The first kappa shape index (κ1) is 12.4. The summed E-state index contributed by atoms with van der Waals surface area (Å²) in [6.07, 6.45) is 1.65. The van der Waals surface area contributed by atoms with Gasteiger partial charge in [0.2, 0.25) is 0 Å². The highest BCUT2D eigenvalue weighted by atomic mass is 35.5. The van der Waals surface area contributed by atoms with E-state index < -0.39 is 0 Å². The molecule has 0 aliphatic carbocycles. The molecular formula is C12H13Cl2N3. The summed E-state index contributed by atoms with van der Waals surface area (Å²) in [4.78, 5) is 0. The number of aromatic nitrogens is 2. The predicted octanol–water partition coefficient (Wildman–Crippen LogP) is 3.04. The molecule has 5 heteroatoms. The van der Waals surface area contributed by atoms with Gasteiger partial charge in [0.05, 0.1) is 23.0 Å². The number of halogens is 2. The molecule has 0 aliphatic heterocycles. The average Bonchev–Trinajstić information content (AvgIpc) is 2.64. The van der Waals surface area contributed by atoms with Crippen LogP contribution in [0.25, 0.3) is 0 Å². The Bertz CT molecular complexity index is 485. The van der Waals surface area contributed by atoms with E-state index in [0.717, 1.165) is 16.3 Å². The summed E-state index contributed by atoms with van der Waals surface area (Å²) in [6, 6.07) is 7.70. The minimum atomic E-state index is 0.00673. The summed E-state index contributed by atoms with van der Waals surface area (Å²) in [5.41, 5.74) is 2.04. The Hall–Kier alpha value is -1.03. The third-order valence-electron chi connectivity index (χ3n) is 2.70. The fourth-order valence-electron chi connectivity index (χ4n) is 1.86. The van der Waals surface area contributed by atoms with Crippen molar-refractivity contribution in [1.29, 1.82) is 0 Å². The van der Waals surface area contributed by atoms with Crippen LogP contribution < -0.4 is 5.32 Å². The topological polar surface area (TPSA) is 29.9 Å². The lowest BCUT2D eigenvalue weighted by Crippen LogP contribution is -2.20. The Morgan fingerprint density at radius 3 is 2.35 bits per heavy atom. The van der Waals surface area contributed by atoms with Crippen LogP contribution in [0.15, 0.2) is 30.5 Å². The molecule has 1 aromatic heterocycles. The van der Waals surface area contributed by atoms with Gasteiger partial charge >= 0.3 is 0 Å². The second kappa shape index (κ2) is 5.08. The lowest BCUT2D eigenvalue weighted by atomic mass is 10.0. The lowest BCUT2D eigenvalue weighted by Gasteiger charge is -2.17. The van der Waals surface area contributed by atoms with Crippen LogP contribution in [0.3, 0.4) is 0 Å². The van der Waals surface area contributed by atoms with E-state index in [2.05, 4.69) is 10.4 Å². The van der Waals surface area contributed by atoms with Crippen molar-refractivity contribution in [2.45, 2.75) is 6.04 Å². The van der Waals surface area contributed by atoms with E-state index >= 15 is 0 Å². The summed E-state index contributed by atoms with van der Waals surface area (Å²) in [7, 11) is 3.77. The largest absolute Gasteiger partial charge is 0.308 e. The molecule has 17 heavy (non-hydrogen) atoms. The zero-order valence-electron chi connectivity index (χ0n) is 9.61. The molecule has 2 aromatic rings. The van der Waals surface area contributed by atoms with Gasteiger partial charge in [-0.25, -0.2) is 0 Å². The quantitative estimate of drug-likeness (QED) is 0.929. The van der Waals surface area contributed by atoms with Crippen LogP contribution in [0.2, 0.25) is 10.0 Å². The molecule has 1 heterocycles. The van der Waals surface area contributed by atoms with Crippen LogP contribution in [0.5, 0.6) is 0 Å². The number of nitrogens with one attached hydrogen (secondary N) is 1. The number of nitrogens with zero attached hydrogens (tertiary/aromatic N) is 2. The Morgan fingerprint density at radius 2 is 1.88 bits per heavy atom. The molecule has 1 N–H and O–H groups in total. The molecule has 2 rings (SSSR count). The highest BCUT2D eigenvalue weighted by Crippen LogP contribution is 2.28. The second-order valence-corrected chi connectivity index (χ2v) is 4.62. The molecule has 0 saturated heterocycles. The molecule has 3 nitrogen and oxygen atoms in total. The minimum absolute atomic E-state index is 0.00673. The highest BCUT2D eigenvalue weighted by molar-refractivity contribution is 6.31. The second-order valence-electron chi connectivity index (χ2n) is 3.77. The summed E-state index contributed by atoms with van der Waals surface area (Å²) >= 11 is 12.0. The van der Waals surface area contributed by atoms with E-state index in [-0.39, 0.29) is 6.04 Å². The average molecular weight is 270 g/mol. The van der Waals surface area contributed by atoms with E-state index in [0.29, 0.717) is 5.02 Å². The maximum absolute atomic E-state index is 6.15. The van der Waals surface area contributed by atoms with E-state index in [4.69, 9.17) is 23.2 Å². The van der Waals surface area contributed by atoms with E-state index in [1.54, 1.807) is 10.9 Å². The molecule has 1 unspecified atom stereocenters. The molecule has 0 fully saturated rings. The first-order valence-corrected chi connectivity index (χ1v) is 5.99. The summed E-state index contributed by atoms with van der Waals surface area (Å²) in [5, 5.41) is 8.76. The third-order valence-corrected chi connectivity index (χ3v) is 3.25. The molecule has 0 amide bonds. The van der Waals surface area contributed by atoms with E-state index in [9.17, 15) is 0 Å². The van der Waals surface area contributed by atoms with Crippen LogP contribution in [-0.4, -0.2) is 16.8 Å². The van der Waals surface area contributed by atoms with Gasteiger partial charge in [0.1, 0.15) is 0 Å². The molecule has 0 bridgehead atoms. The van der Waals surface area contributed by atoms with Crippen LogP contribution >= 0.6 is 23.2 Å². The van der Waals surface area contributed by atoms with Crippen molar-refractivity contribution in [2.24, 2.45) is 7.05 Å². The molecule has 1 aromatic carbocycles. The van der Waals surface area contributed by atoms with Gasteiger partial charge in [-0.2, -0.15) is 5.10 Å². The molecule has 0 radical (unpaired) electrons. The fraction of sp³-hybridized carbons (Fsp3) is 0.250. The summed E-state index contributed by atoms with van der Waals surface area (Å²) in [5.74, 6) is 0. The van der Waals surface area contributed by atoms with Crippen molar-refractivity contribution >= 4 is 23.2 Å². The van der Waals surface area contributed by atoms with E-state index in [1.807, 2.05) is 38.4 Å². The Labute approximate surface area is 110 Å². The molecular weight excluding hydrogens is 257 g/mol. The minimum Gasteiger partial charge on any atom is -0.308 e. The predicted molar refractivity (Wildman–Crippen MR) is 70.6 cm³/mol. The van der Waals surface area contributed by atoms with E-state index in [1.165, 1.54) is 0 Å². The summed E-state index contributed by atoms with van der Waals surface area (Å²) < 4.78 is 1.78. The molecule has 0 aliphatic rings. The van der Waals surface area contributed by atoms with Gasteiger partial charge in [-0.15, -0.1) is 0 Å². The van der Waals surface area contributed by atoms with Gasteiger partial charge in [0.25, 0.3) is 0 Å². The molecule has 90 valence electrons. The fourth-order valence-corrected chi connectivity index (χ4v) is 2.26. The Kier molecular flexibility index (Phi) is 3.72. The summed E-state index contributed by atoms with van der Waals surface area (Å²) in [6.45, 7) is 0. The van der Waals surface area contributed by atoms with Crippen LogP contribution in [0, 0.1) is 0 Å². The van der Waals surface area contributed by atoms with Gasteiger partial charge in [-0.3, -0.25) is 4.68 Å². The number of benzene rings is 1. The van der Waals surface area contributed by atoms with Crippen LogP contribution in [-0.2, 0) is 7.05 Å². The maximum atomic E-state index is 6.15. The maximum Gasteiger partial charge on any atom is 0.0837 e. The number of hydrogen-bond acceptors (Lipinski definition) is 2. The third kappa shape index (κ3) is 2.46. The van der Waals surface area contributed by atoms with Crippen molar-refractivity contribution in [3.63, 3.8) is 0 Å². The van der Waals surface area contributed by atoms with Crippen molar-refractivity contribution in [2.75, 3.05) is 7.05 Å². The van der Waals surface area contributed by atoms with Gasteiger partial charge in [-0.1, -0.05) is 35.3 Å². The Morgan fingerprint density at radius 1 is 1.24 bits per heavy atom. The number of rotatable bonds is 3. The normalized spacial score (nSPS) is 12.7. The highest BCUT2D eigenvalue weighted by Gasteiger charge is 2.19. The van der Waals surface area contributed by atoms with Crippen molar-refractivity contribution in [3.8, 4) is 0 Å². The van der Waals surface area contributed by atoms with Gasteiger partial charge in [-0.05, 0) is 24.7 Å². The van der Waals surface area contributed by atoms with Gasteiger partial charge in [0, 0.05) is 12.1 Å². The first-order chi connectivity index (χ1) is 8.13. The first-order valence-electron chi connectivity index (χ1n) is 5.23. The lowest BCUT2D eigenvalue weighted by molar-refractivity contribution is 0.606. The van der Waals surface area contributed by atoms with Gasteiger partial charge in [0.15, 0.2) is 0 Å².